The lowest BCUT2D eigenvalue weighted by Gasteiger charge is -2.30. The minimum Gasteiger partial charge on any atom is -0.384 e. The summed E-state index contributed by atoms with van der Waals surface area (Å²) in [6.07, 6.45) is 5.49. The Morgan fingerprint density at radius 2 is 1.86 bits per heavy atom. The SMILES string of the molecule is CC(C)(C)CC(C)(O)c1cnccn1. The molecule has 14 heavy (non-hydrogen) atoms. The van der Waals surface area contributed by atoms with Crippen molar-refractivity contribution in [3.63, 3.8) is 0 Å². The van der Waals surface area contributed by atoms with Crippen molar-refractivity contribution in [2.24, 2.45) is 5.41 Å². The highest BCUT2D eigenvalue weighted by molar-refractivity contribution is 5.06. The van der Waals surface area contributed by atoms with Crippen LogP contribution < -0.4 is 0 Å². The number of nitrogens with zero attached hydrogens (tertiary/aromatic N) is 2. The summed E-state index contributed by atoms with van der Waals surface area (Å²) in [5.41, 5.74) is -0.192. The normalized spacial score (nSPS) is 16.4. The number of hydrogen-bond acceptors (Lipinski definition) is 3. The van der Waals surface area contributed by atoms with Gasteiger partial charge >= 0.3 is 0 Å². The summed E-state index contributed by atoms with van der Waals surface area (Å²) in [5.74, 6) is 0. The number of hydrogen-bond donors (Lipinski definition) is 1. The van der Waals surface area contributed by atoms with Gasteiger partial charge in [-0.2, -0.15) is 0 Å². The molecule has 0 saturated carbocycles. The molecule has 0 aliphatic rings. The summed E-state index contributed by atoms with van der Waals surface area (Å²) < 4.78 is 0. The average Bonchev–Trinajstić information content (AvgIpc) is 2.01. The predicted molar refractivity (Wildman–Crippen MR) is 55.7 cm³/mol. The summed E-state index contributed by atoms with van der Waals surface area (Å²) in [6, 6.07) is 0. The Morgan fingerprint density at radius 1 is 1.21 bits per heavy atom. The zero-order chi connectivity index (χ0) is 10.8. The second-order valence-corrected chi connectivity index (χ2v) is 5.10. The van der Waals surface area contributed by atoms with E-state index in [4.69, 9.17) is 0 Å². The van der Waals surface area contributed by atoms with Gasteiger partial charge in [0.05, 0.1) is 11.9 Å². The van der Waals surface area contributed by atoms with Crippen molar-refractivity contribution in [1.29, 1.82) is 0 Å². The molecule has 0 bridgehead atoms. The first-order chi connectivity index (χ1) is 6.31. The van der Waals surface area contributed by atoms with Gasteiger partial charge in [-0.1, -0.05) is 20.8 Å². The maximum Gasteiger partial charge on any atom is 0.106 e. The molecule has 1 rings (SSSR count). The second-order valence-electron chi connectivity index (χ2n) is 5.10. The molecule has 0 spiro atoms. The van der Waals surface area contributed by atoms with Crippen molar-refractivity contribution in [2.45, 2.75) is 39.7 Å². The maximum absolute atomic E-state index is 10.2. The summed E-state index contributed by atoms with van der Waals surface area (Å²) >= 11 is 0. The first kappa shape index (κ1) is 11.1. The van der Waals surface area contributed by atoms with E-state index in [0.717, 1.165) is 0 Å². The van der Waals surface area contributed by atoms with Gasteiger partial charge in [0.15, 0.2) is 0 Å². The molecule has 0 amide bonds. The monoisotopic (exact) mass is 194 g/mol. The number of rotatable bonds is 2. The minimum atomic E-state index is -0.896. The molecule has 1 unspecified atom stereocenters. The lowest BCUT2D eigenvalue weighted by Crippen LogP contribution is -2.28. The second kappa shape index (κ2) is 3.65. The van der Waals surface area contributed by atoms with Crippen LogP contribution in [0.1, 0.15) is 39.8 Å². The van der Waals surface area contributed by atoms with Gasteiger partial charge in [0.25, 0.3) is 0 Å². The molecule has 3 heteroatoms. The van der Waals surface area contributed by atoms with Crippen LogP contribution in [0, 0.1) is 5.41 Å². The highest BCUT2D eigenvalue weighted by atomic mass is 16.3. The topological polar surface area (TPSA) is 46.0 Å². The van der Waals surface area contributed by atoms with E-state index in [1.165, 1.54) is 0 Å². The molecule has 1 N–H and O–H groups in total. The van der Waals surface area contributed by atoms with E-state index < -0.39 is 5.60 Å². The molecule has 0 fully saturated rings. The zero-order valence-corrected chi connectivity index (χ0v) is 9.28. The molecular weight excluding hydrogens is 176 g/mol. The van der Waals surface area contributed by atoms with Crippen LogP contribution in [0.4, 0.5) is 0 Å². The molecule has 78 valence electrons. The smallest absolute Gasteiger partial charge is 0.106 e. The highest BCUT2D eigenvalue weighted by Crippen LogP contribution is 2.32. The Hall–Kier alpha value is -0.960. The molecule has 1 aromatic heterocycles. The third-order valence-electron chi connectivity index (χ3n) is 1.99. The van der Waals surface area contributed by atoms with E-state index in [1.54, 1.807) is 25.5 Å². The van der Waals surface area contributed by atoms with E-state index >= 15 is 0 Å². The lowest BCUT2D eigenvalue weighted by molar-refractivity contribution is 0.0108. The quantitative estimate of drug-likeness (QED) is 0.784. The third-order valence-corrected chi connectivity index (χ3v) is 1.99. The van der Waals surface area contributed by atoms with E-state index in [0.29, 0.717) is 12.1 Å². The van der Waals surface area contributed by atoms with Crippen LogP contribution in [-0.2, 0) is 5.60 Å². The summed E-state index contributed by atoms with van der Waals surface area (Å²) in [4.78, 5) is 8.08. The molecule has 1 aromatic rings. The van der Waals surface area contributed by atoms with Gasteiger partial charge in [-0.05, 0) is 18.8 Å². The van der Waals surface area contributed by atoms with Crippen LogP contribution in [-0.4, -0.2) is 15.1 Å². The van der Waals surface area contributed by atoms with Gasteiger partial charge in [0.1, 0.15) is 5.60 Å². The Kier molecular flexibility index (Phi) is 2.90. The van der Waals surface area contributed by atoms with Gasteiger partial charge in [0, 0.05) is 12.4 Å². The van der Waals surface area contributed by atoms with Crippen molar-refractivity contribution < 1.29 is 5.11 Å². The standard InChI is InChI=1S/C11H18N2O/c1-10(2,3)8-11(4,14)9-7-12-5-6-13-9/h5-7,14H,8H2,1-4H3. The van der Waals surface area contributed by atoms with Crippen LogP contribution in [0.3, 0.4) is 0 Å². The van der Waals surface area contributed by atoms with Gasteiger partial charge in [-0.15, -0.1) is 0 Å². The van der Waals surface area contributed by atoms with Gasteiger partial charge in [-0.25, -0.2) is 0 Å². The van der Waals surface area contributed by atoms with E-state index in [9.17, 15) is 5.11 Å². The molecule has 1 heterocycles. The molecule has 0 saturated heterocycles. The Morgan fingerprint density at radius 3 is 2.29 bits per heavy atom. The molecule has 0 aromatic carbocycles. The molecular formula is C11H18N2O. The first-order valence-corrected chi connectivity index (χ1v) is 4.80. The van der Waals surface area contributed by atoms with Gasteiger partial charge < -0.3 is 5.11 Å². The number of aliphatic hydroxyl groups is 1. The zero-order valence-electron chi connectivity index (χ0n) is 9.28. The fourth-order valence-corrected chi connectivity index (χ4v) is 1.70. The molecule has 0 aliphatic carbocycles. The third kappa shape index (κ3) is 3.07. The summed E-state index contributed by atoms with van der Waals surface area (Å²) in [7, 11) is 0. The Balaban J connectivity index is 2.86. The van der Waals surface area contributed by atoms with Gasteiger partial charge in [0.2, 0.25) is 0 Å². The van der Waals surface area contributed by atoms with Gasteiger partial charge in [-0.3, -0.25) is 9.97 Å². The first-order valence-electron chi connectivity index (χ1n) is 4.80. The summed E-state index contributed by atoms with van der Waals surface area (Å²) in [6.45, 7) is 8.07. The van der Waals surface area contributed by atoms with Crippen LogP contribution >= 0.6 is 0 Å². The Labute approximate surface area is 85.2 Å². The fraction of sp³-hybridized carbons (Fsp3) is 0.636. The Bertz CT molecular complexity index is 288. The van der Waals surface area contributed by atoms with Crippen molar-refractivity contribution in [3.8, 4) is 0 Å². The lowest BCUT2D eigenvalue weighted by atomic mass is 9.81. The average molecular weight is 194 g/mol. The molecule has 3 nitrogen and oxygen atoms in total. The number of aromatic nitrogens is 2. The van der Waals surface area contributed by atoms with Crippen LogP contribution in [0.15, 0.2) is 18.6 Å². The van der Waals surface area contributed by atoms with E-state index in [1.807, 2.05) is 0 Å². The molecule has 0 radical (unpaired) electrons. The van der Waals surface area contributed by atoms with E-state index in [2.05, 4.69) is 30.7 Å². The maximum atomic E-state index is 10.2. The fourth-order valence-electron chi connectivity index (χ4n) is 1.70. The van der Waals surface area contributed by atoms with Crippen LogP contribution in [0.25, 0.3) is 0 Å². The molecule has 0 aliphatic heterocycles. The predicted octanol–water partition coefficient (Wildman–Crippen LogP) is 2.12. The van der Waals surface area contributed by atoms with E-state index in [-0.39, 0.29) is 5.41 Å². The largest absolute Gasteiger partial charge is 0.384 e. The van der Waals surface area contributed by atoms with Crippen molar-refractivity contribution in [1.82, 2.24) is 9.97 Å². The van der Waals surface area contributed by atoms with Crippen molar-refractivity contribution in [3.05, 3.63) is 24.3 Å². The van der Waals surface area contributed by atoms with Crippen LogP contribution in [0.2, 0.25) is 0 Å². The minimum absolute atomic E-state index is 0.0705. The molecule has 1 atom stereocenters. The van der Waals surface area contributed by atoms with Crippen LogP contribution in [0.5, 0.6) is 0 Å². The van der Waals surface area contributed by atoms with Crippen molar-refractivity contribution in [2.75, 3.05) is 0 Å². The summed E-state index contributed by atoms with van der Waals surface area (Å²) in [5, 5.41) is 10.2. The highest BCUT2D eigenvalue weighted by Gasteiger charge is 2.30. The van der Waals surface area contributed by atoms with Crippen molar-refractivity contribution >= 4 is 0 Å².